The molecular formula is C25H29N3O5. The van der Waals surface area contributed by atoms with E-state index in [9.17, 15) is 9.59 Å². The molecular weight excluding hydrogens is 422 g/mol. The van der Waals surface area contributed by atoms with Crippen LogP contribution in [0, 0.1) is 0 Å². The first-order valence-electron chi connectivity index (χ1n) is 11.2. The van der Waals surface area contributed by atoms with Gasteiger partial charge in [0.1, 0.15) is 0 Å². The number of carbonyl (C=O) groups excluding carboxylic acids is 2. The predicted molar refractivity (Wildman–Crippen MR) is 125 cm³/mol. The Bertz CT molecular complexity index is 998. The van der Waals surface area contributed by atoms with Gasteiger partial charge in [-0.15, -0.1) is 0 Å². The molecule has 0 aliphatic carbocycles. The number of fused-ring (bicyclic) bond motifs is 1. The fourth-order valence-electron chi connectivity index (χ4n) is 3.84. The van der Waals surface area contributed by atoms with E-state index in [4.69, 9.17) is 14.2 Å². The predicted octanol–water partition coefficient (Wildman–Crippen LogP) is 2.75. The van der Waals surface area contributed by atoms with Crippen molar-refractivity contribution >= 4 is 23.6 Å². The van der Waals surface area contributed by atoms with Gasteiger partial charge in [0.05, 0.1) is 13.2 Å². The molecule has 0 radical (unpaired) electrons. The van der Waals surface area contributed by atoms with Crippen molar-refractivity contribution in [2.75, 3.05) is 51.4 Å². The Kier molecular flexibility index (Phi) is 7.59. The second kappa shape index (κ2) is 11.0. The molecule has 1 fully saturated rings. The van der Waals surface area contributed by atoms with E-state index in [2.05, 4.69) is 21.2 Å². The first kappa shape index (κ1) is 22.8. The summed E-state index contributed by atoms with van der Waals surface area (Å²) in [7, 11) is 0. The summed E-state index contributed by atoms with van der Waals surface area (Å²) in [6.45, 7) is 7.12. The first-order chi connectivity index (χ1) is 16.1. The van der Waals surface area contributed by atoms with Gasteiger partial charge in [-0.2, -0.15) is 0 Å². The molecule has 8 heteroatoms. The van der Waals surface area contributed by atoms with Crippen LogP contribution < -0.4 is 14.8 Å². The molecule has 0 unspecified atom stereocenters. The average Bonchev–Trinajstić information content (AvgIpc) is 3.28. The minimum absolute atomic E-state index is 0.0333. The highest BCUT2D eigenvalue weighted by Crippen LogP contribution is 2.32. The standard InChI is InChI=1S/C25H29N3O5/c1-2-31-25(30)10-6-19-3-7-21(8-4-19)26-24(29)17-28-13-11-27(12-14-28)16-20-5-9-22-23(15-20)33-18-32-22/h3-10,15H,2,11-14,16-18H2,1H3,(H,26,29)/b10-6+. The molecule has 0 saturated carbocycles. The molecule has 33 heavy (non-hydrogen) atoms. The quantitative estimate of drug-likeness (QED) is 0.488. The first-order valence-corrected chi connectivity index (χ1v) is 11.2. The van der Waals surface area contributed by atoms with Crippen LogP contribution in [0.1, 0.15) is 18.1 Å². The molecule has 0 spiro atoms. The zero-order valence-corrected chi connectivity index (χ0v) is 18.8. The Labute approximate surface area is 193 Å². The Balaban J connectivity index is 1.19. The number of benzene rings is 2. The summed E-state index contributed by atoms with van der Waals surface area (Å²) in [6.07, 6.45) is 3.08. The highest BCUT2D eigenvalue weighted by atomic mass is 16.7. The lowest BCUT2D eigenvalue weighted by Gasteiger charge is -2.34. The van der Waals surface area contributed by atoms with Crippen LogP contribution >= 0.6 is 0 Å². The van der Waals surface area contributed by atoms with Crippen molar-refractivity contribution in [3.05, 3.63) is 59.7 Å². The van der Waals surface area contributed by atoms with E-state index < -0.39 is 0 Å². The van der Waals surface area contributed by atoms with Crippen LogP contribution in [-0.2, 0) is 20.9 Å². The van der Waals surface area contributed by atoms with E-state index in [1.165, 1.54) is 11.6 Å². The summed E-state index contributed by atoms with van der Waals surface area (Å²) >= 11 is 0. The molecule has 174 valence electrons. The van der Waals surface area contributed by atoms with Crippen LogP contribution in [0.15, 0.2) is 48.5 Å². The summed E-state index contributed by atoms with van der Waals surface area (Å²) in [6, 6.07) is 13.4. The normalized spacial score (nSPS) is 16.2. The van der Waals surface area contributed by atoms with Crippen LogP contribution in [0.3, 0.4) is 0 Å². The number of piperazine rings is 1. The highest BCUT2D eigenvalue weighted by molar-refractivity contribution is 5.92. The maximum atomic E-state index is 12.5. The maximum absolute atomic E-state index is 12.5. The van der Waals surface area contributed by atoms with E-state index in [0.29, 0.717) is 13.2 Å². The summed E-state index contributed by atoms with van der Waals surface area (Å²) in [5, 5.41) is 2.94. The molecule has 1 N–H and O–H groups in total. The zero-order valence-electron chi connectivity index (χ0n) is 18.8. The highest BCUT2D eigenvalue weighted by Gasteiger charge is 2.20. The van der Waals surface area contributed by atoms with E-state index in [1.807, 2.05) is 36.4 Å². The van der Waals surface area contributed by atoms with Crippen molar-refractivity contribution in [3.63, 3.8) is 0 Å². The van der Waals surface area contributed by atoms with Gasteiger partial charge in [0.15, 0.2) is 11.5 Å². The number of ether oxygens (including phenoxy) is 3. The summed E-state index contributed by atoms with van der Waals surface area (Å²) in [4.78, 5) is 28.4. The maximum Gasteiger partial charge on any atom is 0.330 e. The molecule has 2 aliphatic rings. The van der Waals surface area contributed by atoms with Crippen LogP contribution in [0.2, 0.25) is 0 Å². The van der Waals surface area contributed by atoms with Crippen LogP contribution in [-0.4, -0.2) is 67.8 Å². The fourth-order valence-corrected chi connectivity index (χ4v) is 3.84. The van der Waals surface area contributed by atoms with E-state index in [-0.39, 0.29) is 18.7 Å². The van der Waals surface area contributed by atoms with Crippen molar-refractivity contribution in [2.24, 2.45) is 0 Å². The average molecular weight is 452 g/mol. The lowest BCUT2D eigenvalue weighted by atomic mass is 10.1. The van der Waals surface area contributed by atoms with E-state index in [0.717, 1.165) is 55.5 Å². The second-order valence-electron chi connectivity index (χ2n) is 8.00. The SMILES string of the molecule is CCOC(=O)/C=C/c1ccc(NC(=O)CN2CCN(Cc3ccc4c(c3)OCO4)CC2)cc1. The molecule has 2 aromatic carbocycles. The number of rotatable bonds is 8. The lowest BCUT2D eigenvalue weighted by molar-refractivity contribution is -0.137. The Morgan fingerprint density at radius 2 is 1.73 bits per heavy atom. The fraction of sp³-hybridized carbons (Fsp3) is 0.360. The minimum Gasteiger partial charge on any atom is -0.463 e. The molecule has 2 aliphatic heterocycles. The molecule has 0 bridgehead atoms. The Morgan fingerprint density at radius 3 is 2.48 bits per heavy atom. The molecule has 0 aromatic heterocycles. The Hall–Kier alpha value is -3.36. The molecule has 2 heterocycles. The zero-order chi connectivity index (χ0) is 23.0. The molecule has 2 aromatic rings. The van der Waals surface area contributed by atoms with Crippen LogP contribution in [0.25, 0.3) is 6.08 Å². The van der Waals surface area contributed by atoms with E-state index in [1.54, 1.807) is 13.0 Å². The molecule has 1 amide bonds. The molecule has 1 saturated heterocycles. The van der Waals surface area contributed by atoms with Crippen molar-refractivity contribution in [1.82, 2.24) is 9.80 Å². The third-order valence-electron chi connectivity index (χ3n) is 5.57. The number of hydrogen-bond acceptors (Lipinski definition) is 7. The number of anilines is 1. The van der Waals surface area contributed by atoms with Gasteiger partial charge in [-0.25, -0.2) is 4.79 Å². The van der Waals surface area contributed by atoms with Crippen molar-refractivity contribution in [3.8, 4) is 11.5 Å². The number of amides is 1. The lowest BCUT2D eigenvalue weighted by Crippen LogP contribution is -2.48. The smallest absolute Gasteiger partial charge is 0.330 e. The second-order valence-corrected chi connectivity index (χ2v) is 8.00. The minimum atomic E-state index is -0.370. The molecule has 8 nitrogen and oxygen atoms in total. The largest absolute Gasteiger partial charge is 0.463 e. The summed E-state index contributed by atoms with van der Waals surface area (Å²) in [5.41, 5.74) is 2.79. The van der Waals surface area contributed by atoms with Gasteiger partial charge in [-0.1, -0.05) is 18.2 Å². The van der Waals surface area contributed by atoms with Gasteiger partial charge in [-0.05, 0) is 48.4 Å². The number of nitrogens with zero attached hydrogens (tertiary/aromatic N) is 2. The van der Waals surface area contributed by atoms with Crippen molar-refractivity contribution in [2.45, 2.75) is 13.5 Å². The van der Waals surface area contributed by atoms with Gasteiger partial charge in [0.2, 0.25) is 12.7 Å². The van der Waals surface area contributed by atoms with Gasteiger partial charge in [-0.3, -0.25) is 14.6 Å². The van der Waals surface area contributed by atoms with Crippen molar-refractivity contribution < 1.29 is 23.8 Å². The molecule has 0 atom stereocenters. The van der Waals surface area contributed by atoms with Crippen LogP contribution in [0.4, 0.5) is 5.69 Å². The van der Waals surface area contributed by atoms with E-state index >= 15 is 0 Å². The molecule has 4 rings (SSSR count). The third-order valence-corrected chi connectivity index (χ3v) is 5.57. The van der Waals surface area contributed by atoms with Gasteiger partial charge < -0.3 is 19.5 Å². The number of hydrogen-bond donors (Lipinski definition) is 1. The van der Waals surface area contributed by atoms with Crippen molar-refractivity contribution in [1.29, 1.82) is 0 Å². The number of esters is 1. The third kappa shape index (κ3) is 6.57. The van der Waals surface area contributed by atoms with Crippen LogP contribution in [0.5, 0.6) is 11.5 Å². The summed E-state index contributed by atoms with van der Waals surface area (Å²) < 4.78 is 15.7. The monoisotopic (exact) mass is 451 g/mol. The van der Waals surface area contributed by atoms with Gasteiger partial charge >= 0.3 is 5.97 Å². The number of nitrogens with one attached hydrogen (secondary N) is 1. The number of carbonyl (C=O) groups is 2. The summed E-state index contributed by atoms with van der Waals surface area (Å²) in [5.74, 6) is 1.21. The Morgan fingerprint density at radius 1 is 1.00 bits per heavy atom. The van der Waals surface area contributed by atoms with Gasteiger partial charge in [0, 0.05) is 44.5 Å². The topological polar surface area (TPSA) is 80.3 Å². The van der Waals surface area contributed by atoms with Gasteiger partial charge in [0.25, 0.3) is 0 Å².